The van der Waals surface area contributed by atoms with Crippen molar-refractivity contribution >= 4 is 5.95 Å². The Kier molecular flexibility index (Phi) is 4.01. The fourth-order valence-electron chi connectivity index (χ4n) is 3.93. The molecule has 4 nitrogen and oxygen atoms in total. The van der Waals surface area contributed by atoms with E-state index in [0.717, 1.165) is 12.5 Å². The zero-order valence-corrected chi connectivity index (χ0v) is 12.9. The van der Waals surface area contributed by atoms with Crippen LogP contribution >= 0.6 is 0 Å². The lowest BCUT2D eigenvalue weighted by Crippen LogP contribution is -2.45. The third-order valence-electron chi connectivity index (χ3n) is 5.35. The van der Waals surface area contributed by atoms with Crippen LogP contribution in [0.1, 0.15) is 51.4 Å². The van der Waals surface area contributed by atoms with Gasteiger partial charge in [-0.25, -0.2) is 4.98 Å². The molecule has 0 unspecified atom stereocenters. The van der Waals surface area contributed by atoms with Crippen LogP contribution in [0, 0.1) is 0 Å². The molecule has 0 atom stereocenters. The van der Waals surface area contributed by atoms with Crippen LogP contribution in [0.25, 0.3) is 0 Å². The lowest BCUT2D eigenvalue weighted by atomic mass is 9.96. The first-order valence-electron chi connectivity index (χ1n) is 8.15. The van der Waals surface area contributed by atoms with E-state index in [4.69, 9.17) is 0 Å². The second-order valence-electron chi connectivity index (χ2n) is 6.83. The molecule has 2 saturated carbocycles. The van der Waals surface area contributed by atoms with E-state index in [1.807, 2.05) is 6.20 Å². The van der Waals surface area contributed by atoms with Crippen LogP contribution < -0.4 is 5.32 Å². The number of aromatic nitrogens is 2. The summed E-state index contributed by atoms with van der Waals surface area (Å²) in [7, 11) is 4.46. The van der Waals surface area contributed by atoms with E-state index in [9.17, 15) is 0 Å². The summed E-state index contributed by atoms with van der Waals surface area (Å²) in [6.07, 6.45) is 14.7. The van der Waals surface area contributed by atoms with Gasteiger partial charge in [0.15, 0.2) is 0 Å². The largest absolute Gasteiger partial charge is 0.353 e. The predicted octanol–water partition coefficient (Wildman–Crippen LogP) is 3.11. The molecule has 0 aromatic carbocycles. The maximum absolute atomic E-state index is 4.55. The first-order valence-corrected chi connectivity index (χ1v) is 8.15. The highest BCUT2D eigenvalue weighted by atomic mass is 15.3. The summed E-state index contributed by atoms with van der Waals surface area (Å²) in [5.74, 6) is 1.07. The number of likely N-dealkylation sites (N-methyl/N-ethyl adjacent to an activating group) is 1. The van der Waals surface area contributed by atoms with Crippen LogP contribution in [-0.2, 0) is 6.54 Å². The first-order chi connectivity index (χ1) is 9.70. The highest BCUT2D eigenvalue weighted by Gasteiger charge is 2.36. The fraction of sp³-hybridized carbons (Fsp3) is 0.812. The summed E-state index contributed by atoms with van der Waals surface area (Å²) in [5.41, 5.74) is 0.326. The number of rotatable bonds is 5. The van der Waals surface area contributed by atoms with Gasteiger partial charge in [0.05, 0.1) is 0 Å². The van der Waals surface area contributed by atoms with E-state index in [2.05, 4.69) is 40.1 Å². The number of anilines is 1. The van der Waals surface area contributed by atoms with Crippen molar-refractivity contribution in [1.29, 1.82) is 0 Å². The maximum atomic E-state index is 4.55. The average Bonchev–Trinajstić information content (AvgIpc) is 3.14. The van der Waals surface area contributed by atoms with Crippen molar-refractivity contribution in [3.63, 3.8) is 0 Å². The Morgan fingerprint density at radius 1 is 1.25 bits per heavy atom. The normalized spacial score (nSPS) is 22.8. The quantitative estimate of drug-likeness (QED) is 0.897. The smallest absolute Gasteiger partial charge is 0.203 e. The van der Waals surface area contributed by atoms with Crippen LogP contribution in [0.4, 0.5) is 5.95 Å². The van der Waals surface area contributed by atoms with Crippen molar-refractivity contribution in [2.24, 2.45) is 0 Å². The van der Waals surface area contributed by atoms with Gasteiger partial charge in [-0.15, -0.1) is 0 Å². The molecule has 112 valence electrons. The molecule has 0 radical (unpaired) electrons. The first kappa shape index (κ1) is 13.9. The molecule has 4 heteroatoms. The molecule has 20 heavy (non-hydrogen) atoms. The van der Waals surface area contributed by atoms with Gasteiger partial charge in [0, 0.05) is 30.5 Å². The zero-order valence-electron chi connectivity index (χ0n) is 12.9. The van der Waals surface area contributed by atoms with Crippen molar-refractivity contribution in [1.82, 2.24) is 14.5 Å². The lowest BCUT2D eigenvalue weighted by molar-refractivity contribution is 0.134. The SMILES string of the molecule is CN(C)C1(Cn2ccnc2NC2CCCC2)CCCC1. The van der Waals surface area contributed by atoms with Gasteiger partial charge in [0.1, 0.15) is 0 Å². The summed E-state index contributed by atoms with van der Waals surface area (Å²) in [6, 6.07) is 0.634. The fourth-order valence-corrected chi connectivity index (χ4v) is 3.93. The van der Waals surface area contributed by atoms with Gasteiger partial charge < -0.3 is 14.8 Å². The summed E-state index contributed by atoms with van der Waals surface area (Å²) >= 11 is 0. The Balaban J connectivity index is 1.72. The van der Waals surface area contributed by atoms with E-state index >= 15 is 0 Å². The van der Waals surface area contributed by atoms with Gasteiger partial charge >= 0.3 is 0 Å². The van der Waals surface area contributed by atoms with E-state index in [1.54, 1.807) is 0 Å². The summed E-state index contributed by atoms with van der Waals surface area (Å²) < 4.78 is 2.34. The summed E-state index contributed by atoms with van der Waals surface area (Å²) in [5, 5.41) is 3.65. The van der Waals surface area contributed by atoms with Crippen LogP contribution in [-0.4, -0.2) is 40.1 Å². The van der Waals surface area contributed by atoms with E-state index < -0.39 is 0 Å². The highest BCUT2D eigenvalue weighted by Crippen LogP contribution is 2.36. The van der Waals surface area contributed by atoms with E-state index in [-0.39, 0.29) is 0 Å². The number of nitrogens with one attached hydrogen (secondary N) is 1. The molecule has 0 bridgehead atoms. The Labute approximate surface area is 122 Å². The molecule has 3 rings (SSSR count). The van der Waals surface area contributed by atoms with E-state index in [1.165, 1.54) is 51.4 Å². The molecule has 1 N–H and O–H groups in total. The molecule has 0 aliphatic heterocycles. The number of nitrogens with zero attached hydrogens (tertiary/aromatic N) is 3. The molecule has 1 heterocycles. The molecule has 2 aliphatic carbocycles. The Morgan fingerprint density at radius 2 is 1.95 bits per heavy atom. The molecular formula is C16H28N4. The minimum absolute atomic E-state index is 0.326. The van der Waals surface area contributed by atoms with Crippen LogP contribution in [0.15, 0.2) is 12.4 Å². The highest BCUT2D eigenvalue weighted by molar-refractivity contribution is 5.28. The van der Waals surface area contributed by atoms with Gasteiger partial charge in [0.2, 0.25) is 5.95 Å². The number of hydrogen-bond donors (Lipinski definition) is 1. The van der Waals surface area contributed by atoms with Crippen molar-refractivity contribution in [2.75, 3.05) is 19.4 Å². The van der Waals surface area contributed by atoms with E-state index in [0.29, 0.717) is 11.6 Å². The van der Waals surface area contributed by atoms with Crippen LogP contribution in [0.5, 0.6) is 0 Å². The van der Waals surface area contributed by atoms with Gasteiger partial charge in [-0.3, -0.25) is 0 Å². The topological polar surface area (TPSA) is 33.1 Å². The van der Waals surface area contributed by atoms with Crippen molar-refractivity contribution < 1.29 is 0 Å². The number of hydrogen-bond acceptors (Lipinski definition) is 3. The van der Waals surface area contributed by atoms with Crippen molar-refractivity contribution in [2.45, 2.75) is 69.5 Å². The second kappa shape index (κ2) is 5.76. The maximum Gasteiger partial charge on any atom is 0.203 e. The van der Waals surface area contributed by atoms with Crippen LogP contribution in [0.3, 0.4) is 0 Å². The third-order valence-corrected chi connectivity index (χ3v) is 5.35. The molecule has 0 spiro atoms. The number of imidazole rings is 1. The minimum atomic E-state index is 0.326. The summed E-state index contributed by atoms with van der Waals surface area (Å²) in [4.78, 5) is 6.98. The molecule has 2 aliphatic rings. The lowest BCUT2D eigenvalue weighted by Gasteiger charge is -2.37. The molecule has 0 saturated heterocycles. The second-order valence-corrected chi connectivity index (χ2v) is 6.83. The van der Waals surface area contributed by atoms with Gasteiger partial charge in [0.25, 0.3) is 0 Å². The standard InChI is InChI=1S/C16H28N4/c1-19(2)16(9-5-6-10-16)13-20-12-11-17-15(20)18-14-7-3-4-8-14/h11-12,14H,3-10,13H2,1-2H3,(H,17,18). The molecule has 2 fully saturated rings. The van der Waals surface area contributed by atoms with Gasteiger partial charge in [-0.1, -0.05) is 25.7 Å². The Bertz CT molecular complexity index is 425. The summed E-state index contributed by atoms with van der Waals surface area (Å²) in [6.45, 7) is 1.06. The zero-order chi connectivity index (χ0) is 14.0. The third kappa shape index (κ3) is 2.71. The molecule has 0 amide bonds. The predicted molar refractivity (Wildman–Crippen MR) is 83.0 cm³/mol. The van der Waals surface area contributed by atoms with Gasteiger partial charge in [-0.05, 0) is 39.8 Å². The monoisotopic (exact) mass is 276 g/mol. The molecule has 1 aromatic rings. The van der Waals surface area contributed by atoms with Crippen molar-refractivity contribution in [3.8, 4) is 0 Å². The van der Waals surface area contributed by atoms with Crippen molar-refractivity contribution in [3.05, 3.63) is 12.4 Å². The molecule has 1 aromatic heterocycles. The minimum Gasteiger partial charge on any atom is -0.353 e. The van der Waals surface area contributed by atoms with Gasteiger partial charge in [-0.2, -0.15) is 0 Å². The molecular weight excluding hydrogens is 248 g/mol. The Hall–Kier alpha value is -1.03. The Morgan fingerprint density at radius 3 is 2.60 bits per heavy atom. The average molecular weight is 276 g/mol. The van der Waals surface area contributed by atoms with Crippen LogP contribution in [0.2, 0.25) is 0 Å².